The Hall–Kier alpha value is -1.27. The van der Waals surface area contributed by atoms with Crippen LogP contribution >= 0.6 is 23.1 Å². The maximum Gasteiger partial charge on any atom is 0.341 e. The van der Waals surface area contributed by atoms with E-state index in [1.165, 1.54) is 35.5 Å². The molecule has 0 saturated carbocycles. The Labute approximate surface area is 107 Å². The van der Waals surface area contributed by atoms with Crippen LogP contribution in [-0.4, -0.2) is 18.8 Å². The van der Waals surface area contributed by atoms with Crippen LogP contribution in [0.4, 0.5) is 0 Å². The number of esters is 1. The highest BCUT2D eigenvalue weighted by molar-refractivity contribution is 8.00. The third-order valence-electron chi connectivity index (χ3n) is 2.24. The lowest BCUT2D eigenvalue weighted by molar-refractivity contribution is -0.603. The van der Waals surface area contributed by atoms with Gasteiger partial charge in [-0.1, -0.05) is 0 Å². The van der Waals surface area contributed by atoms with E-state index in [-0.39, 0.29) is 5.97 Å². The van der Waals surface area contributed by atoms with Gasteiger partial charge in [-0.15, -0.1) is 23.1 Å². The number of carbonyl (C=O) groups is 1. The van der Waals surface area contributed by atoms with Crippen molar-refractivity contribution in [1.29, 1.82) is 0 Å². The fourth-order valence-electron chi connectivity index (χ4n) is 1.54. The first-order chi connectivity index (χ1) is 8.17. The van der Waals surface area contributed by atoms with Crippen molar-refractivity contribution in [3.63, 3.8) is 0 Å². The van der Waals surface area contributed by atoms with Gasteiger partial charge < -0.3 is 9.94 Å². The van der Waals surface area contributed by atoms with Crippen LogP contribution in [0.1, 0.15) is 17.3 Å². The van der Waals surface area contributed by atoms with Gasteiger partial charge in [0, 0.05) is 10.8 Å². The van der Waals surface area contributed by atoms with E-state index >= 15 is 0 Å². The summed E-state index contributed by atoms with van der Waals surface area (Å²) in [4.78, 5) is 11.9. The van der Waals surface area contributed by atoms with Gasteiger partial charge in [0.15, 0.2) is 12.4 Å². The fourth-order valence-corrected chi connectivity index (χ4v) is 3.43. The molecule has 0 radical (unpaired) electrons. The van der Waals surface area contributed by atoms with E-state index < -0.39 is 0 Å². The molecule has 0 fully saturated rings. The van der Waals surface area contributed by atoms with Gasteiger partial charge in [-0.2, -0.15) is 4.73 Å². The first-order valence-corrected chi connectivity index (χ1v) is 7.08. The number of hydrogen-bond acceptors (Lipinski definition) is 5. The molecule has 0 bridgehead atoms. The number of carbonyl (C=O) groups excluding carboxylic acids is 1. The maximum absolute atomic E-state index is 11.9. The van der Waals surface area contributed by atoms with E-state index in [1.54, 1.807) is 13.0 Å². The SMILES string of the molecule is CCOC(=O)c1c(SC)sc2cc[n+]([O-])cc12. The second kappa shape index (κ2) is 4.93. The number of pyridine rings is 1. The molecule has 90 valence electrons. The molecule has 0 N–H and O–H groups in total. The summed E-state index contributed by atoms with van der Waals surface area (Å²) in [6.45, 7) is 2.09. The Balaban J connectivity index is 2.64. The Morgan fingerprint density at radius 3 is 3.06 bits per heavy atom. The van der Waals surface area contributed by atoms with Crippen LogP contribution < -0.4 is 4.73 Å². The summed E-state index contributed by atoms with van der Waals surface area (Å²) in [5.74, 6) is -0.366. The summed E-state index contributed by atoms with van der Waals surface area (Å²) in [7, 11) is 0. The number of hydrogen-bond donors (Lipinski definition) is 0. The Kier molecular flexibility index (Phi) is 3.54. The van der Waals surface area contributed by atoms with Crippen molar-refractivity contribution in [2.75, 3.05) is 12.9 Å². The van der Waals surface area contributed by atoms with Gasteiger partial charge in [-0.3, -0.25) is 0 Å². The average molecular weight is 269 g/mol. The Morgan fingerprint density at radius 1 is 1.65 bits per heavy atom. The highest BCUT2D eigenvalue weighted by Crippen LogP contribution is 2.36. The maximum atomic E-state index is 11.9. The van der Waals surface area contributed by atoms with Crippen molar-refractivity contribution < 1.29 is 14.3 Å². The summed E-state index contributed by atoms with van der Waals surface area (Å²) in [6.07, 6.45) is 4.74. The van der Waals surface area contributed by atoms with E-state index in [0.717, 1.165) is 8.91 Å². The van der Waals surface area contributed by atoms with Gasteiger partial charge >= 0.3 is 5.97 Å². The first-order valence-electron chi connectivity index (χ1n) is 5.03. The molecule has 0 aliphatic carbocycles. The van der Waals surface area contributed by atoms with Crippen molar-refractivity contribution in [2.24, 2.45) is 0 Å². The van der Waals surface area contributed by atoms with E-state index in [2.05, 4.69) is 0 Å². The van der Waals surface area contributed by atoms with E-state index in [1.807, 2.05) is 6.26 Å². The Morgan fingerprint density at radius 2 is 2.41 bits per heavy atom. The van der Waals surface area contributed by atoms with Crippen molar-refractivity contribution >= 4 is 39.2 Å². The zero-order valence-electron chi connectivity index (χ0n) is 9.43. The van der Waals surface area contributed by atoms with E-state index in [0.29, 0.717) is 22.3 Å². The molecular formula is C11H11NO3S2. The second-order valence-corrected chi connectivity index (χ2v) is 5.40. The molecule has 0 amide bonds. The van der Waals surface area contributed by atoms with Crippen molar-refractivity contribution in [3.05, 3.63) is 29.2 Å². The summed E-state index contributed by atoms with van der Waals surface area (Å²) in [5.41, 5.74) is 0.504. The zero-order chi connectivity index (χ0) is 12.4. The monoisotopic (exact) mass is 269 g/mol. The lowest BCUT2D eigenvalue weighted by atomic mass is 10.2. The lowest BCUT2D eigenvalue weighted by Crippen LogP contribution is -2.23. The summed E-state index contributed by atoms with van der Waals surface area (Å²) >= 11 is 2.98. The smallest absolute Gasteiger partial charge is 0.341 e. The number of aromatic nitrogens is 1. The number of rotatable bonds is 3. The molecule has 2 rings (SSSR count). The van der Waals surface area contributed by atoms with Gasteiger partial charge in [0.1, 0.15) is 0 Å². The quantitative estimate of drug-likeness (QED) is 0.372. The molecule has 0 saturated heterocycles. The third-order valence-corrected chi connectivity index (χ3v) is 4.53. The molecule has 0 aliphatic rings. The molecule has 4 nitrogen and oxygen atoms in total. The first kappa shape index (κ1) is 12.2. The number of fused-ring (bicyclic) bond motifs is 1. The molecule has 0 aromatic carbocycles. The lowest BCUT2D eigenvalue weighted by Gasteiger charge is -2.02. The zero-order valence-corrected chi connectivity index (χ0v) is 11.1. The van der Waals surface area contributed by atoms with E-state index in [9.17, 15) is 10.0 Å². The largest absolute Gasteiger partial charge is 0.619 e. The molecule has 2 aromatic rings. The standard InChI is InChI=1S/C11H11NO3S2/c1-3-15-10(13)9-7-6-12(14)5-4-8(7)17-11(9)16-2/h4-6H,3H2,1-2H3. The minimum Gasteiger partial charge on any atom is -0.619 e. The van der Waals surface area contributed by atoms with Gasteiger partial charge in [-0.05, 0) is 13.2 Å². The molecule has 17 heavy (non-hydrogen) atoms. The topological polar surface area (TPSA) is 53.2 Å². The van der Waals surface area contributed by atoms with Crippen LogP contribution in [-0.2, 0) is 4.74 Å². The van der Waals surface area contributed by atoms with E-state index in [4.69, 9.17) is 4.74 Å². The number of thioether (sulfide) groups is 1. The van der Waals surface area contributed by atoms with Gasteiger partial charge in [-0.25, -0.2) is 4.79 Å². The van der Waals surface area contributed by atoms with Crippen LogP contribution in [0.25, 0.3) is 10.1 Å². The van der Waals surface area contributed by atoms with Crippen LogP contribution in [0, 0.1) is 5.21 Å². The van der Waals surface area contributed by atoms with Crippen LogP contribution in [0.2, 0.25) is 0 Å². The second-order valence-electron chi connectivity index (χ2n) is 3.27. The molecule has 2 heterocycles. The molecule has 2 aromatic heterocycles. The number of nitrogens with zero attached hydrogens (tertiary/aromatic N) is 1. The van der Waals surface area contributed by atoms with Crippen molar-refractivity contribution in [2.45, 2.75) is 11.1 Å². The molecular weight excluding hydrogens is 258 g/mol. The summed E-state index contributed by atoms with van der Waals surface area (Å²) in [6, 6.07) is 1.72. The summed E-state index contributed by atoms with van der Waals surface area (Å²) < 4.78 is 7.52. The minimum atomic E-state index is -0.366. The minimum absolute atomic E-state index is 0.328. The molecule has 0 unspecified atom stereocenters. The third kappa shape index (κ3) is 2.23. The highest BCUT2D eigenvalue weighted by atomic mass is 32.2. The predicted octanol–water partition coefficient (Wildman–Crippen LogP) is 2.43. The van der Waals surface area contributed by atoms with Crippen LogP contribution in [0.15, 0.2) is 22.7 Å². The van der Waals surface area contributed by atoms with Crippen LogP contribution in [0.3, 0.4) is 0 Å². The number of ether oxygens (including phenoxy) is 1. The van der Waals surface area contributed by atoms with Gasteiger partial charge in [0.25, 0.3) is 0 Å². The average Bonchev–Trinajstić information content (AvgIpc) is 2.66. The summed E-state index contributed by atoms with van der Waals surface area (Å²) in [5, 5.41) is 11.9. The molecule has 0 atom stereocenters. The number of thiophene rings is 1. The highest BCUT2D eigenvalue weighted by Gasteiger charge is 2.21. The van der Waals surface area contributed by atoms with Crippen molar-refractivity contribution in [1.82, 2.24) is 0 Å². The van der Waals surface area contributed by atoms with Crippen molar-refractivity contribution in [3.8, 4) is 0 Å². The normalized spacial score (nSPS) is 10.7. The Bertz CT molecular complexity index is 565. The predicted molar refractivity (Wildman–Crippen MR) is 68.5 cm³/mol. The molecule has 6 heteroatoms. The van der Waals surface area contributed by atoms with Gasteiger partial charge in [0.05, 0.1) is 21.8 Å². The molecule has 0 spiro atoms. The fraction of sp³-hybridized carbons (Fsp3) is 0.273. The van der Waals surface area contributed by atoms with Gasteiger partial charge in [0.2, 0.25) is 0 Å². The van der Waals surface area contributed by atoms with Crippen LogP contribution in [0.5, 0.6) is 0 Å². The molecule has 0 aliphatic heterocycles.